The lowest BCUT2D eigenvalue weighted by Crippen LogP contribution is -2.30. The minimum atomic E-state index is -4.14. The van der Waals surface area contributed by atoms with Crippen LogP contribution in [0.25, 0.3) is 5.69 Å². The summed E-state index contributed by atoms with van der Waals surface area (Å²) in [5.74, 6) is -0.255. The Labute approximate surface area is 189 Å². The largest absolute Gasteiger partial charge is 0.496 e. The molecule has 4 rings (SSSR count). The van der Waals surface area contributed by atoms with E-state index >= 15 is 0 Å². The van der Waals surface area contributed by atoms with Gasteiger partial charge in [-0.05, 0) is 35.9 Å². The molecule has 1 aliphatic rings. The van der Waals surface area contributed by atoms with Crippen LogP contribution < -0.4 is 9.47 Å². The van der Waals surface area contributed by atoms with E-state index in [0.717, 1.165) is 16.1 Å². The fourth-order valence-corrected chi connectivity index (χ4v) is 6.67. The van der Waals surface area contributed by atoms with Crippen LogP contribution in [-0.2, 0) is 16.4 Å². The molecule has 1 amide bonds. The number of methoxy groups -OCH3 is 2. The Hall–Kier alpha value is -3.12. The molecule has 2 aromatic carbocycles. The topological polar surface area (TPSA) is 117 Å². The van der Waals surface area contributed by atoms with Crippen molar-refractivity contribution in [1.82, 2.24) is 24.5 Å². The molecule has 0 radical (unpaired) electrons. The van der Waals surface area contributed by atoms with Gasteiger partial charge >= 0.3 is 0 Å². The Kier molecular flexibility index (Phi) is 5.82. The third-order valence-corrected chi connectivity index (χ3v) is 8.04. The highest BCUT2D eigenvalue weighted by atomic mass is 32.2. The number of nitrogens with zero attached hydrogens (tertiary/aromatic N) is 5. The monoisotopic (exact) mass is 475 g/mol. The quantitative estimate of drug-likeness (QED) is 0.475. The van der Waals surface area contributed by atoms with Gasteiger partial charge in [-0.25, -0.2) is 12.7 Å². The molecule has 2 heterocycles. The molecule has 168 valence electrons. The number of rotatable bonds is 7. The van der Waals surface area contributed by atoms with Gasteiger partial charge in [0.2, 0.25) is 5.16 Å². The average Bonchev–Trinajstić information content (AvgIpc) is 3.33. The standard InChI is InChI=1S/C20H21N5O5S2/c1-5-14-15-18(17(30-4)12(2)16(14)29-3)32(27,28)24(19(15)26)11-31-20-21-22-23-25(20)13-9-7-6-8-10-13/h6-10H,5,11H2,1-4H3. The van der Waals surface area contributed by atoms with Gasteiger partial charge in [-0.2, -0.15) is 4.68 Å². The van der Waals surface area contributed by atoms with Crippen LogP contribution in [-0.4, -0.2) is 58.9 Å². The van der Waals surface area contributed by atoms with E-state index in [-0.39, 0.29) is 22.1 Å². The molecule has 32 heavy (non-hydrogen) atoms. The lowest BCUT2D eigenvalue weighted by Gasteiger charge is -2.17. The third-order valence-electron chi connectivity index (χ3n) is 5.19. The molecule has 0 spiro atoms. The van der Waals surface area contributed by atoms with Crippen LogP contribution in [0, 0.1) is 6.92 Å². The summed E-state index contributed by atoms with van der Waals surface area (Å²) in [6, 6.07) is 9.18. The van der Waals surface area contributed by atoms with E-state index in [9.17, 15) is 13.2 Å². The molecular formula is C20H21N5O5S2. The van der Waals surface area contributed by atoms with Gasteiger partial charge in [0, 0.05) is 11.1 Å². The SMILES string of the molecule is CCc1c(OC)c(C)c(OC)c2c1C(=O)N(CSc1nnnn1-c1ccccc1)S2(=O)=O. The highest BCUT2D eigenvalue weighted by Crippen LogP contribution is 2.47. The summed E-state index contributed by atoms with van der Waals surface area (Å²) < 4.78 is 40.0. The van der Waals surface area contributed by atoms with E-state index in [2.05, 4.69) is 15.5 Å². The maximum absolute atomic E-state index is 13.4. The van der Waals surface area contributed by atoms with Gasteiger partial charge in [0.25, 0.3) is 15.9 Å². The van der Waals surface area contributed by atoms with E-state index in [0.29, 0.717) is 34.1 Å². The van der Waals surface area contributed by atoms with Crippen molar-refractivity contribution in [3.63, 3.8) is 0 Å². The predicted octanol–water partition coefficient (Wildman–Crippen LogP) is 2.44. The first-order valence-electron chi connectivity index (χ1n) is 9.67. The number of thioether (sulfide) groups is 1. The summed E-state index contributed by atoms with van der Waals surface area (Å²) in [4.78, 5) is 13.2. The minimum absolute atomic E-state index is 0.0926. The van der Waals surface area contributed by atoms with Crippen molar-refractivity contribution < 1.29 is 22.7 Å². The maximum Gasteiger partial charge on any atom is 0.272 e. The van der Waals surface area contributed by atoms with Crippen molar-refractivity contribution >= 4 is 27.7 Å². The number of carbonyl (C=O) groups excluding carboxylic acids is 1. The molecule has 10 nitrogen and oxygen atoms in total. The second kappa shape index (κ2) is 8.43. The molecule has 12 heteroatoms. The molecule has 0 unspecified atom stereocenters. The molecule has 1 aromatic heterocycles. The first-order valence-corrected chi connectivity index (χ1v) is 12.1. The first-order chi connectivity index (χ1) is 15.4. The van der Waals surface area contributed by atoms with Crippen LogP contribution in [0.4, 0.5) is 0 Å². The zero-order chi connectivity index (χ0) is 23.0. The van der Waals surface area contributed by atoms with Crippen molar-refractivity contribution in [2.75, 3.05) is 20.1 Å². The number of tetrazole rings is 1. The third kappa shape index (κ3) is 3.30. The highest BCUT2D eigenvalue weighted by Gasteiger charge is 2.47. The predicted molar refractivity (Wildman–Crippen MR) is 117 cm³/mol. The number of para-hydroxylation sites is 1. The summed E-state index contributed by atoms with van der Waals surface area (Å²) in [6.45, 7) is 3.55. The number of amides is 1. The van der Waals surface area contributed by atoms with Crippen molar-refractivity contribution in [2.24, 2.45) is 0 Å². The molecule has 0 fully saturated rings. The van der Waals surface area contributed by atoms with Gasteiger partial charge < -0.3 is 9.47 Å². The number of ether oxygens (including phenoxy) is 2. The van der Waals surface area contributed by atoms with E-state index < -0.39 is 15.9 Å². The highest BCUT2D eigenvalue weighted by molar-refractivity contribution is 8.00. The zero-order valence-electron chi connectivity index (χ0n) is 17.9. The summed E-state index contributed by atoms with van der Waals surface area (Å²) in [6.07, 6.45) is 0.421. The Bertz CT molecular complexity index is 1290. The van der Waals surface area contributed by atoms with Crippen LogP contribution in [0.3, 0.4) is 0 Å². The van der Waals surface area contributed by atoms with Crippen LogP contribution >= 0.6 is 11.8 Å². The Morgan fingerprint density at radius 3 is 2.41 bits per heavy atom. The Morgan fingerprint density at radius 2 is 1.78 bits per heavy atom. The van der Waals surface area contributed by atoms with Crippen molar-refractivity contribution in [1.29, 1.82) is 0 Å². The maximum atomic E-state index is 13.4. The molecule has 0 saturated heterocycles. The van der Waals surface area contributed by atoms with Gasteiger partial charge in [-0.15, -0.1) is 5.10 Å². The minimum Gasteiger partial charge on any atom is -0.496 e. The fourth-order valence-electron chi connectivity index (χ4n) is 3.78. The number of aromatic nitrogens is 4. The Balaban J connectivity index is 1.74. The van der Waals surface area contributed by atoms with Gasteiger partial charge in [0.1, 0.15) is 16.4 Å². The summed E-state index contributed by atoms with van der Waals surface area (Å²) in [5, 5.41) is 12.0. The summed E-state index contributed by atoms with van der Waals surface area (Å²) in [7, 11) is -1.29. The molecule has 0 bridgehead atoms. The molecule has 0 aliphatic carbocycles. The normalized spacial score (nSPS) is 14.5. The number of carbonyl (C=O) groups is 1. The van der Waals surface area contributed by atoms with Gasteiger partial charge in [-0.1, -0.05) is 36.9 Å². The van der Waals surface area contributed by atoms with Crippen LogP contribution in [0.1, 0.15) is 28.4 Å². The Morgan fingerprint density at radius 1 is 1.09 bits per heavy atom. The van der Waals surface area contributed by atoms with Crippen LogP contribution in [0.2, 0.25) is 0 Å². The van der Waals surface area contributed by atoms with Gasteiger partial charge in [0.05, 0.1) is 31.3 Å². The number of sulfonamides is 1. The summed E-state index contributed by atoms with van der Waals surface area (Å²) in [5.41, 5.74) is 1.88. The van der Waals surface area contributed by atoms with E-state index in [1.165, 1.54) is 18.9 Å². The van der Waals surface area contributed by atoms with Gasteiger partial charge in [-0.3, -0.25) is 4.79 Å². The van der Waals surface area contributed by atoms with Crippen molar-refractivity contribution in [3.05, 3.63) is 47.0 Å². The van der Waals surface area contributed by atoms with Crippen LogP contribution in [0.5, 0.6) is 11.5 Å². The van der Waals surface area contributed by atoms with Crippen LogP contribution in [0.15, 0.2) is 40.4 Å². The van der Waals surface area contributed by atoms with E-state index in [1.54, 1.807) is 6.92 Å². The van der Waals surface area contributed by atoms with Crippen molar-refractivity contribution in [2.45, 2.75) is 30.3 Å². The molecular weight excluding hydrogens is 454 g/mol. The molecule has 1 aliphatic heterocycles. The van der Waals surface area contributed by atoms with Gasteiger partial charge in [0.15, 0.2) is 0 Å². The van der Waals surface area contributed by atoms with E-state index in [1.807, 2.05) is 37.3 Å². The molecule has 0 atom stereocenters. The van der Waals surface area contributed by atoms with E-state index in [4.69, 9.17) is 9.47 Å². The lowest BCUT2D eigenvalue weighted by molar-refractivity contribution is 0.0885. The molecule has 3 aromatic rings. The number of hydrogen-bond donors (Lipinski definition) is 0. The van der Waals surface area contributed by atoms with Crippen molar-refractivity contribution in [3.8, 4) is 17.2 Å². The zero-order valence-corrected chi connectivity index (χ0v) is 19.5. The number of benzene rings is 2. The first kappa shape index (κ1) is 22.1. The second-order valence-corrected chi connectivity index (χ2v) is 9.58. The molecule has 0 saturated carbocycles. The molecule has 0 N–H and O–H groups in total. The second-order valence-electron chi connectivity index (χ2n) is 6.87. The smallest absolute Gasteiger partial charge is 0.272 e. The lowest BCUT2D eigenvalue weighted by atomic mass is 9.98. The number of hydrogen-bond acceptors (Lipinski definition) is 9. The number of fused-ring (bicyclic) bond motifs is 1. The fraction of sp³-hybridized carbons (Fsp3) is 0.300. The summed E-state index contributed by atoms with van der Waals surface area (Å²) >= 11 is 1.04. The average molecular weight is 476 g/mol.